The Morgan fingerprint density at radius 1 is 0.857 bits per heavy atom. The summed E-state index contributed by atoms with van der Waals surface area (Å²) in [7, 11) is 0. The molecule has 2 aliphatic heterocycles. The van der Waals surface area contributed by atoms with Gasteiger partial charge in [0, 0.05) is 39.3 Å². The van der Waals surface area contributed by atoms with Crippen molar-refractivity contribution in [2.24, 2.45) is 0 Å². The van der Waals surface area contributed by atoms with Gasteiger partial charge in [-0.1, -0.05) is 60.7 Å². The van der Waals surface area contributed by atoms with Gasteiger partial charge >= 0.3 is 0 Å². The Bertz CT molecular complexity index is 1060. The normalized spacial score (nSPS) is 17.7. The monoisotopic (exact) mass is 472 g/mol. The van der Waals surface area contributed by atoms with E-state index in [1.807, 2.05) is 65.6 Å². The summed E-state index contributed by atoms with van der Waals surface area (Å²) in [6.07, 6.45) is 1.78. The van der Waals surface area contributed by atoms with Gasteiger partial charge in [0.05, 0.1) is 19.4 Å². The molecular weight excluding hydrogens is 440 g/mol. The molecule has 1 aromatic heterocycles. The lowest BCUT2D eigenvalue weighted by Crippen LogP contribution is -2.53. The number of hydrogen-bond donors (Lipinski definition) is 0. The number of ether oxygens (including phenoxy) is 2. The number of morpholine rings is 1. The van der Waals surface area contributed by atoms with E-state index >= 15 is 0 Å². The van der Waals surface area contributed by atoms with Crippen molar-refractivity contribution in [3.8, 4) is 5.75 Å². The third-order valence-corrected chi connectivity index (χ3v) is 6.64. The van der Waals surface area contributed by atoms with Gasteiger partial charge in [0.1, 0.15) is 24.2 Å². The molecule has 2 aromatic carbocycles. The molecule has 2 aliphatic rings. The molecule has 1 amide bonds. The van der Waals surface area contributed by atoms with E-state index in [4.69, 9.17) is 9.47 Å². The number of pyridine rings is 1. The van der Waals surface area contributed by atoms with Crippen LogP contribution >= 0.6 is 0 Å². The molecule has 0 aliphatic carbocycles. The summed E-state index contributed by atoms with van der Waals surface area (Å²) in [5.41, 5.74) is 2.18. The van der Waals surface area contributed by atoms with Crippen LogP contribution in [0.15, 0.2) is 79.0 Å². The van der Waals surface area contributed by atoms with Gasteiger partial charge in [0.25, 0.3) is 0 Å². The Hall–Kier alpha value is -3.42. The number of hydrogen-bond acceptors (Lipinski definition) is 6. The number of nitrogens with zero attached hydrogens (tertiary/aromatic N) is 4. The Morgan fingerprint density at radius 3 is 2.20 bits per heavy atom. The molecule has 7 heteroatoms. The minimum absolute atomic E-state index is 0.176. The first-order valence-electron chi connectivity index (χ1n) is 12.3. The van der Waals surface area contributed by atoms with Gasteiger partial charge in [-0.15, -0.1) is 0 Å². The molecule has 3 heterocycles. The van der Waals surface area contributed by atoms with Gasteiger partial charge in [-0.3, -0.25) is 9.69 Å². The molecule has 0 radical (unpaired) electrons. The SMILES string of the molecule is O=C(C(c1ccccc1)N1CCOCC1)N1CCN(c2ccc(OCc3ccccc3)cn2)CC1. The van der Waals surface area contributed by atoms with Gasteiger partial charge < -0.3 is 19.3 Å². The maximum Gasteiger partial charge on any atom is 0.244 e. The minimum atomic E-state index is -0.258. The second-order valence-electron chi connectivity index (χ2n) is 8.90. The third-order valence-electron chi connectivity index (χ3n) is 6.64. The van der Waals surface area contributed by atoms with Crippen LogP contribution in [0.5, 0.6) is 5.75 Å². The molecule has 7 nitrogen and oxygen atoms in total. The predicted octanol–water partition coefficient (Wildman–Crippen LogP) is 3.38. The Morgan fingerprint density at radius 2 is 1.54 bits per heavy atom. The molecule has 0 spiro atoms. The van der Waals surface area contributed by atoms with Crippen molar-refractivity contribution in [1.29, 1.82) is 0 Å². The van der Waals surface area contributed by atoms with E-state index < -0.39 is 0 Å². The number of anilines is 1. The predicted molar refractivity (Wildman–Crippen MR) is 135 cm³/mol. The van der Waals surface area contributed by atoms with Crippen molar-refractivity contribution in [3.63, 3.8) is 0 Å². The first kappa shape index (κ1) is 23.3. The van der Waals surface area contributed by atoms with E-state index in [0.29, 0.717) is 32.9 Å². The molecule has 3 aromatic rings. The second kappa shape index (κ2) is 11.3. The van der Waals surface area contributed by atoms with Crippen LogP contribution in [-0.2, 0) is 16.1 Å². The summed E-state index contributed by atoms with van der Waals surface area (Å²) >= 11 is 0. The Kier molecular flexibility index (Phi) is 7.56. The molecule has 1 atom stereocenters. The largest absolute Gasteiger partial charge is 0.487 e. The highest BCUT2D eigenvalue weighted by Gasteiger charge is 2.33. The highest BCUT2D eigenvalue weighted by Crippen LogP contribution is 2.26. The van der Waals surface area contributed by atoms with Gasteiger partial charge in [-0.25, -0.2) is 4.98 Å². The standard InChI is InChI=1S/C28H32N4O3/c33-28(27(24-9-5-2-6-10-24)31-17-19-34-20-18-31)32-15-13-30(14-16-32)26-12-11-25(21-29-26)35-22-23-7-3-1-4-8-23/h1-12,21,27H,13-20,22H2. The average molecular weight is 473 g/mol. The van der Waals surface area contributed by atoms with Crippen LogP contribution in [0, 0.1) is 0 Å². The highest BCUT2D eigenvalue weighted by molar-refractivity contribution is 5.83. The van der Waals surface area contributed by atoms with Crippen molar-refractivity contribution in [1.82, 2.24) is 14.8 Å². The van der Waals surface area contributed by atoms with E-state index in [9.17, 15) is 4.79 Å². The molecule has 5 rings (SSSR count). The molecule has 2 saturated heterocycles. The first-order valence-corrected chi connectivity index (χ1v) is 12.3. The third kappa shape index (κ3) is 5.81. The summed E-state index contributed by atoms with van der Waals surface area (Å²) in [6.45, 7) is 6.28. The molecule has 0 N–H and O–H groups in total. The molecule has 35 heavy (non-hydrogen) atoms. The Balaban J connectivity index is 1.18. The van der Waals surface area contributed by atoms with Crippen molar-refractivity contribution < 1.29 is 14.3 Å². The van der Waals surface area contributed by atoms with Crippen molar-refractivity contribution in [2.45, 2.75) is 12.6 Å². The molecule has 0 bridgehead atoms. The van der Waals surface area contributed by atoms with Crippen LogP contribution in [-0.4, -0.2) is 73.2 Å². The van der Waals surface area contributed by atoms with Crippen molar-refractivity contribution in [3.05, 3.63) is 90.1 Å². The van der Waals surface area contributed by atoms with Gasteiger partial charge in [0.15, 0.2) is 0 Å². The van der Waals surface area contributed by atoms with Crippen LogP contribution in [0.3, 0.4) is 0 Å². The number of carbonyl (C=O) groups excluding carboxylic acids is 1. The number of benzene rings is 2. The number of carbonyl (C=O) groups is 1. The quantitative estimate of drug-likeness (QED) is 0.526. The average Bonchev–Trinajstić information content (AvgIpc) is 2.94. The smallest absolute Gasteiger partial charge is 0.244 e. The van der Waals surface area contributed by atoms with Crippen LogP contribution in [0.4, 0.5) is 5.82 Å². The fourth-order valence-electron chi connectivity index (χ4n) is 4.70. The van der Waals surface area contributed by atoms with E-state index in [2.05, 4.69) is 26.9 Å². The molecule has 182 valence electrons. The lowest BCUT2D eigenvalue weighted by Gasteiger charge is -2.40. The van der Waals surface area contributed by atoms with Crippen LogP contribution in [0.25, 0.3) is 0 Å². The van der Waals surface area contributed by atoms with Crippen LogP contribution in [0.2, 0.25) is 0 Å². The maximum absolute atomic E-state index is 13.7. The zero-order chi connectivity index (χ0) is 23.9. The number of rotatable bonds is 7. The number of aromatic nitrogens is 1. The zero-order valence-corrected chi connectivity index (χ0v) is 20.0. The van der Waals surface area contributed by atoms with E-state index in [1.165, 1.54) is 0 Å². The van der Waals surface area contributed by atoms with Gasteiger partial charge in [-0.05, 0) is 23.3 Å². The van der Waals surface area contributed by atoms with Gasteiger partial charge in [-0.2, -0.15) is 0 Å². The van der Waals surface area contributed by atoms with E-state index in [-0.39, 0.29) is 11.9 Å². The summed E-state index contributed by atoms with van der Waals surface area (Å²) < 4.78 is 11.4. The summed E-state index contributed by atoms with van der Waals surface area (Å²) in [5.74, 6) is 1.84. The first-order chi connectivity index (χ1) is 17.3. The van der Waals surface area contributed by atoms with Crippen LogP contribution in [0.1, 0.15) is 17.2 Å². The van der Waals surface area contributed by atoms with Crippen molar-refractivity contribution in [2.75, 3.05) is 57.4 Å². The van der Waals surface area contributed by atoms with Gasteiger partial charge in [0.2, 0.25) is 5.91 Å². The molecule has 2 fully saturated rings. The fraction of sp³-hybridized carbons (Fsp3) is 0.357. The molecule has 0 saturated carbocycles. The minimum Gasteiger partial charge on any atom is -0.487 e. The topological polar surface area (TPSA) is 58.1 Å². The molecular formula is C28H32N4O3. The number of amides is 1. The zero-order valence-electron chi connectivity index (χ0n) is 20.0. The van der Waals surface area contributed by atoms with E-state index in [0.717, 1.165) is 48.9 Å². The van der Waals surface area contributed by atoms with E-state index in [1.54, 1.807) is 6.20 Å². The second-order valence-corrected chi connectivity index (χ2v) is 8.90. The maximum atomic E-state index is 13.7. The number of piperazine rings is 1. The summed E-state index contributed by atoms with van der Waals surface area (Å²) in [5, 5.41) is 0. The summed E-state index contributed by atoms with van der Waals surface area (Å²) in [6, 6.07) is 23.9. The highest BCUT2D eigenvalue weighted by atomic mass is 16.5. The molecule has 1 unspecified atom stereocenters. The Labute approximate surface area is 206 Å². The lowest BCUT2D eigenvalue weighted by molar-refractivity contribution is -0.139. The fourth-order valence-corrected chi connectivity index (χ4v) is 4.70. The van der Waals surface area contributed by atoms with Crippen LogP contribution < -0.4 is 9.64 Å². The summed E-state index contributed by atoms with van der Waals surface area (Å²) in [4.78, 5) is 24.8. The lowest BCUT2D eigenvalue weighted by atomic mass is 10.0. The van der Waals surface area contributed by atoms with Crippen molar-refractivity contribution >= 4 is 11.7 Å².